The number of benzene rings is 1. The van der Waals surface area contributed by atoms with Crippen LogP contribution in [0.5, 0.6) is 0 Å². The Bertz CT molecular complexity index is 457. The number of guanidine groups is 1. The fourth-order valence-electron chi connectivity index (χ4n) is 2.41. The Hall–Kier alpha value is -1.55. The molecule has 0 aromatic heterocycles. The SMILES string of the molecule is CCNC(=NCCOCC1CC1)NC(C)CCc1ccccc1. The molecular weight excluding hydrogens is 286 g/mol. The molecule has 0 amide bonds. The molecule has 2 N–H and O–H groups in total. The Balaban J connectivity index is 1.66. The molecule has 1 atom stereocenters. The zero-order chi connectivity index (χ0) is 16.3. The minimum atomic E-state index is 0.389. The summed E-state index contributed by atoms with van der Waals surface area (Å²) in [4.78, 5) is 4.60. The predicted molar refractivity (Wildman–Crippen MR) is 96.9 cm³/mol. The van der Waals surface area contributed by atoms with Crippen LogP contribution in [-0.2, 0) is 11.2 Å². The van der Waals surface area contributed by atoms with Gasteiger partial charge in [0.05, 0.1) is 13.2 Å². The van der Waals surface area contributed by atoms with Gasteiger partial charge in [0.15, 0.2) is 5.96 Å². The molecule has 0 spiro atoms. The van der Waals surface area contributed by atoms with E-state index in [1.165, 1.54) is 18.4 Å². The van der Waals surface area contributed by atoms with Crippen LogP contribution in [0.15, 0.2) is 35.3 Å². The number of aliphatic imine (C=N–C) groups is 1. The lowest BCUT2D eigenvalue weighted by Crippen LogP contribution is -2.42. The molecule has 4 nitrogen and oxygen atoms in total. The third-order valence-corrected chi connectivity index (χ3v) is 3.99. The van der Waals surface area contributed by atoms with E-state index >= 15 is 0 Å². The van der Waals surface area contributed by atoms with Crippen molar-refractivity contribution in [1.29, 1.82) is 0 Å². The van der Waals surface area contributed by atoms with Gasteiger partial charge in [-0.05, 0) is 51.0 Å². The van der Waals surface area contributed by atoms with Gasteiger partial charge in [-0.15, -0.1) is 0 Å². The van der Waals surface area contributed by atoms with Crippen molar-refractivity contribution in [3.8, 4) is 0 Å². The fourth-order valence-corrected chi connectivity index (χ4v) is 2.41. The third-order valence-electron chi connectivity index (χ3n) is 3.99. The minimum Gasteiger partial charge on any atom is -0.379 e. The summed E-state index contributed by atoms with van der Waals surface area (Å²) in [5, 5.41) is 6.79. The van der Waals surface area contributed by atoms with Gasteiger partial charge in [-0.1, -0.05) is 30.3 Å². The molecule has 1 aliphatic carbocycles. The Labute approximate surface area is 140 Å². The zero-order valence-electron chi connectivity index (χ0n) is 14.6. The van der Waals surface area contributed by atoms with Crippen LogP contribution in [0.25, 0.3) is 0 Å². The maximum Gasteiger partial charge on any atom is 0.191 e. The van der Waals surface area contributed by atoms with Crippen molar-refractivity contribution in [2.45, 2.75) is 45.6 Å². The second-order valence-electron chi connectivity index (χ2n) is 6.35. The third kappa shape index (κ3) is 8.03. The highest BCUT2D eigenvalue weighted by Crippen LogP contribution is 2.28. The van der Waals surface area contributed by atoms with Crippen molar-refractivity contribution in [2.24, 2.45) is 10.9 Å². The number of hydrogen-bond donors (Lipinski definition) is 2. The summed E-state index contributed by atoms with van der Waals surface area (Å²) < 4.78 is 5.63. The lowest BCUT2D eigenvalue weighted by atomic mass is 10.1. The molecule has 1 unspecified atom stereocenters. The van der Waals surface area contributed by atoms with Crippen LogP contribution in [0, 0.1) is 5.92 Å². The van der Waals surface area contributed by atoms with Crippen molar-refractivity contribution in [2.75, 3.05) is 26.3 Å². The van der Waals surface area contributed by atoms with Crippen LogP contribution in [0.2, 0.25) is 0 Å². The van der Waals surface area contributed by atoms with E-state index in [-0.39, 0.29) is 0 Å². The molecule has 1 aromatic rings. The molecule has 1 fully saturated rings. The molecule has 4 heteroatoms. The van der Waals surface area contributed by atoms with Gasteiger partial charge in [-0.3, -0.25) is 4.99 Å². The summed E-state index contributed by atoms with van der Waals surface area (Å²) in [6.45, 7) is 7.51. The van der Waals surface area contributed by atoms with Gasteiger partial charge in [-0.25, -0.2) is 0 Å². The summed E-state index contributed by atoms with van der Waals surface area (Å²) in [6, 6.07) is 11.0. The number of ether oxygens (including phenoxy) is 1. The van der Waals surface area contributed by atoms with Crippen molar-refractivity contribution in [3.05, 3.63) is 35.9 Å². The first-order valence-electron chi connectivity index (χ1n) is 8.94. The topological polar surface area (TPSA) is 45.7 Å². The zero-order valence-corrected chi connectivity index (χ0v) is 14.6. The molecule has 0 saturated heterocycles. The summed E-state index contributed by atoms with van der Waals surface area (Å²) in [6.07, 6.45) is 4.85. The maximum absolute atomic E-state index is 5.63. The van der Waals surface area contributed by atoms with Crippen molar-refractivity contribution >= 4 is 5.96 Å². The van der Waals surface area contributed by atoms with Crippen molar-refractivity contribution in [3.63, 3.8) is 0 Å². The number of nitrogens with one attached hydrogen (secondary N) is 2. The smallest absolute Gasteiger partial charge is 0.191 e. The van der Waals surface area contributed by atoms with Crippen LogP contribution in [0.1, 0.15) is 38.7 Å². The molecule has 1 aromatic carbocycles. The quantitative estimate of drug-likeness (QED) is 0.396. The van der Waals surface area contributed by atoms with E-state index in [1.54, 1.807) is 0 Å². The maximum atomic E-state index is 5.63. The number of rotatable bonds is 10. The van der Waals surface area contributed by atoms with E-state index < -0.39 is 0 Å². The molecule has 2 rings (SSSR count). The average molecular weight is 317 g/mol. The van der Waals surface area contributed by atoms with Crippen LogP contribution in [0.3, 0.4) is 0 Å². The van der Waals surface area contributed by atoms with E-state index in [0.29, 0.717) is 19.2 Å². The molecule has 128 valence electrons. The Kier molecular flexibility index (Phi) is 7.95. The van der Waals surface area contributed by atoms with E-state index in [2.05, 4.69) is 59.8 Å². The van der Waals surface area contributed by atoms with Gasteiger partial charge in [-0.2, -0.15) is 0 Å². The monoisotopic (exact) mass is 317 g/mol. The van der Waals surface area contributed by atoms with Crippen molar-refractivity contribution in [1.82, 2.24) is 10.6 Å². The van der Waals surface area contributed by atoms with Gasteiger partial charge in [0.2, 0.25) is 0 Å². The van der Waals surface area contributed by atoms with Crippen LogP contribution in [0.4, 0.5) is 0 Å². The molecule has 0 heterocycles. The van der Waals surface area contributed by atoms with Crippen LogP contribution < -0.4 is 10.6 Å². The summed E-state index contributed by atoms with van der Waals surface area (Å²) in [7, 11) is 0. The second-order valence-corrected chi connectivity index (χ2v) is 6.35. The fraction of sp³-hybridized carbons (Fsp3) is 0.632. The molecular formula is C19H31N3O. The standard InChI is InChI=1S/C19H31N3O/c1-3-20-19(21-13-14-23-15-18-11-12-18)22-16(2)9-10-17-7-5-4-6-8-17/h4-8,16,18H,3,9-15H2,1-2H3,(H2,20,21,22). The van der Waals surface area contributed by atoms with Gasteiger partial charge in [0.25, 0.3) is 0 Å². The molecule has 0 aliphatic heterocycles. The predicted octanol–water partition coefficient (Wildman–Crippen LogP) is 2.99. The first-order valence-corrected chi connectivity index (χ1v) is 8.94. The molecule has 0 bridgehead atoms. The highest BCUT2D eigenvalue weighted by molar-refractivity contribution is 5.80. The number of nitrogens with zero attached hydrogens (tertiary/aromatic N) is 1. The largest absolute Gasteiger partial charge is 0.379 e. The average Bonchev–Trinajstić information content (AvgIpc) is 3.38. The lowest BCUT2D eigenvalue weighted by Gasteiger charge is -2.18. The Morgan fingerprint density at radius 2 is 2.09 bits per heavy atom. The van der Waals surface area contributed by atoms with Crippen molar-refractivity contribution < 1.29 is 4.74 Å². The van der Waals surface area contributed by atoms with E-state index in [0.717, 1.165) is 37.9 Å². The lowest BCUT2D eigenvalue weighted by molar-refractivity contribution is 0.131. The summed E-state index contributed by atoms with van der Waals surface area (Å²) in [5.74, 6) is 1.71. The highest BCUT2D eigenvalue weighted by atomic mass is 16.5. The molecule has 23 heavy (non-hydrogen) atoms. The molecule has 1 saturated carbocycles. The summed E-state index contributed by atoms with van der Waals surface area (Å²) in [5.41, 5.74) is 1.39. The normalized spacial score (nSPS) is 16.2. The van der Waals surface area contributed by atoms with Gasteiger partial charge < -0.3 is 15.4 Å². The summed E-state index contributed by atoms with van der Waals surface area (Å²) >= 11 is 0. The van der Waals surface area contributed by atoms with Gasteiger partial charge in [0, 0.05) is 19.2 Å². The first-order chi connectivity index (χ1) is 11.3. The van der Waals surface area contributed by atoms with E-state index in [9.17, 15) is 0 Å². The Morgan fingerprint density at radius 3 is 2.78 bits per heavy atom. The highest BCUT2D eigenvalue weighted by Gasteiger charge is 2.20. The van der Waals surface area contributed by atoms with E-state index in [4.69, 9.17) is 4.74 Å². The van der Waals surface area contributed by atoms with E-state index in [1.807, 2.05) is 0 Å². The molecule has 0 radical (unpaired) electrons. The molecule has 1 aliphatic rings. The van der Waals surface area contributed by atoms with Gasteiger partial charge >= 0.3 is 0 Å². The minimum absolute atomic E-state index is 0.389. The second kappa shape index (κ2) is 10.3. The number of hydrogen-bond acceptors (Lipinski definition) is 2. The van der Waals surface area contributed by atoms with Crippen LogP contribution in [-0.4, -0.2) is 38.3 Å². The number of aryl methyl sites for hydroxylation is 1. The first kappa shape index (κ1) is 17.8. The van der Waals surface area contributed by atoms with Gasteiger partial charge in [0.1, 0.15) is 0 Å². The Morgan fingerprint density at radius 1 is 1.30 bits per heavy atom. The van der Waals surface area contributed by atoms with Crippen LogP contribution >= 0.6 is 0 Å².